The number of aromatic nitrogens is 2. The van der Waals surface area contributed by atoms with Crippen molar-refractivity contribution in [3.8, 4) is 0 Å². The zero-order valence-electron chi connectivity index (χ0n) is 15.0. The van der Waals surface area contributed by atoms with E-state index in [0.29, 0.717) is 18.0 Å². The van der Waals surface area contributed by atoms with Crippen LogP contribution in [0.1, 0.15) is 5.56 Å². The Bertz CT molecular complexity index is 930. The van der Waals surface area contributed by atoms with Crippen LogP contribution < -0.4 is 10.6 Å². The standard InChI is InChI=1S/C20H19BrN4O2S/c21-16-5-7-18(8-6-16)28-14-20(27)22-12-15-3-1-4-17(11-15)24-19(26)13-25-10-2-9-23-25/h1-11H,12-14H2,(H,22,27)(H,24,26). The minimum Gasteiger partial charge on any atom is -0.351 e. The highest BCUT2D eigenvalue weighted by Gasteiger charge is 2.06. The van der Waals surface area contributed by atoms with Crippen molar-refractivity contribution in [1.82, 2.24) is 15.1 Å². The van der Waals surface area contributed by atoms with E-state index in [-0.39, 0.29) is 18.4 Å². The van der Waals surface area contributed by atoms with E-state index >= 15 is 0 Å². The second-order valence-electron chi connectivity index (χ2n) is 5.97. The Morgan fingerprint density at radius 1 is 1.07 bits per heavy atom. The smallest absolute Gasteiger partial charge is 0.246 e. The fourth-order valence-corrected chi connectivity index (χ4v) is 3.42. The number of halogens is 1. The Hall–Kier alpha value is -2.58. The quantitative estimate of drug-likeness (QED) is 0.504. The first kappa shape index (κ1) is 20.2. The first-order chi connectivity index (χ1) is 13.6. The van der Waals surface area contributed by atoms with Crippen LogP contribution >= 0.6 is 27.7 Å². The summed E-state index contributed by atoms with van der Waals surface area (Å²) in [5.74, 6) is 0.152. The maximum absolute atomic E-state index is 12.1. The molecule has 3 aromatic rings. The summed E-state index contributed by atoms with van der Waals surface area (Å²) in [5.41, 5.74) is 1.60. The number of hydrogen-bond acceptors (Lipinski definition) is 4. The van der Waals surface area contributed by atoms with Gasteiger partial charge in [-0.25, -0.2) is 0 Å². The number of benzene rings is 2. The number of carbonyl (C=O) groups excluding carboxylic acids is 2. The molecule has 144 valence electrons. The van der Waals surface area contributed by atoms with Crippen LogP contribution in [0.5, 0.6) is 0 Å². The van der Waals surface area contributed by atoms with Gasteiger partial charge in [0.05, 0.1) is 5.75 Å². The van der Waals surface area contributed by atoms with Crippen molar-refractivity contribution in [3.05, 3.63) is 77.0 Å². The van der Waals surface area contributed by atoms with Crippen molar-refractivity contribution in [2.75, 3.05) is 11.1 Å². The molecule has 0 fully saturated rings. The van der Waals surface area contributed by atoms with Crippen LogP contribution in [0.25, 0.3) is 0 Å². The fraction of sp³-hybridized carbons (Fsp3) is 0.150. The number of carbonyl (C=O) groups is 2. The molecular formula is C20H19BrN4O2S. The highest BCUT2D eigenvalue weighted by atomic mass is 79.9. The van der Waals surface area contributed by atoms with Crippen molar-refractivity contribution in [2.45, 2.75) is 18.0 Å². The van der Waals surface area contributed by atoms with Crippen LogP contribution in [0.2, 0.25) is 0 Å². The predicted molar refractivity (Wildman–Crippen MR) is 114 cm³/mol. The van der Waals surface area contributed by atoms with Crippen LogP contribution in [0, 0.1) is 0 Å². The summed E-state index contributed by atoms with van der Waals surface area (Å²) in [6.07, 6.45) is 3.36. The van der Waals surface area contributed by atoms with Gasteiger partial charge >= 0.3 is 0 Å². The van der Waals surface area contributed by atoms with E-state index in [9.17, 15) is 9.59 Å². The van der Waals surface area contributed by atoms with E-state index < -0.39 is 0 Å². The van der Waals surface area contributed by atoms with Crippen LogP contribution in [0.3, 0.4) is 0 Å². The van der Waals surface area contributed by atoms with E-state index in [1.165, 1.54) is 11.8 Å². The topological polar surface area (TPSA) is 76.0 Å². The van der Waals surface area contributed by atoms with Gasteiger partial charge in [-0.3, -0.25) is 14.3 Å². The summed E-state index contributed by atoms with van der Waals surface area (Å²) in [4.78, 5) is 25.2. The molecule has 8 heteroatoms. The van der Waals surface area contributed by atoms with Crippen molar-refractivity contribution in [1.29, 1.82) is 0 Å². The summed E-state index contributed by atoms with van der Waals surface area (Å²) in [6, 6.07) is 17.0. The highest BCUT2D eigenvalue weighted by molar-refractivity contribution is 9.10. The predicted octanol–water partition coefficient (Wildman–Crippen LogP) is 3.69. The lowest BCUT2D eigenvalue weighted by Crippen LogP contribution is -2.24. The monoisotopic (exact) mass is 458 g/mol. The van der Waals surface area contributed by atoms with E-state index in [1.807, 2.05) is 48.5 Å². The van der Waals surface area contributed by atoms with Crippen LogP contribution in [-0.4, -0.2) is 27.3 Å². The minimum atomic E-state index is -0.157. The van der Waals surface area contributed by atoms with Gasteiger partial charge in [-0.2, -0.15) is 5.10 Å². The average molecular weight is 459 g/mol. The molecule has 0 aliphatic heterocycles. The van der Waals surface area contributed by atoms with Gasteiger partial charge in [-0.15, -0.1) is 11.8 Å². The van der Waals surface area contributed by atoms with Gasteiger partial charge in [0.15, 0.2) is 0 Å². The Kier molecular flexibility index (Phi) is 7.27. The van der Waals surface area contributed by atoms with Gasteiger partial charge in [-0.1, -0.05) is 28.1 Å². The Morgan fingerprint density at radius 3 is 2.64 bits per heavy atom. The van der Waals surface area contributed by atoms with Crippen LogP contribution in [0.4, 0.5) is 5.69 Å². The average Bonchev–Trinajstić information content (AvgIpc) is 3.19. The summed E-state index contributed by atoms with van der Waals surface area (Å²) in [5, 5.41) is 9.75. The Labute approximate surface area is 175 Å². The third kappa shape index (κ3) is 6.54. The van der Waals surface area contributed by atoms with Crippen LogP contribution in [0.15, 0.2) is 76.4 Å². The van der Waals surface area contributed by atoms with Gasteiger partial charge in [0.25, 0.3) is 0 Å². The number of rotatable bonds is 8. The molecule has 0 unspecified atom stereocenters. The molecule has 28 heavy (non-hydrogen) atoms. The molecule has 2 amide bonds. The number of thioether (sulfide) groups is 1. The van der Waals surface area contributed by atoms with Crippen molar-refractivity contribution in [2.24, 2.45) is 0 Å². The SMILES string of the molecule is O=C(CSc1ccc(Br)cc1)NCc1cccc(NC(=O)Cn2cccn2)c1. The largest absolute Gasteiger partial charge is 0.351 e. The van der Waals surface area contributed by atoms with Crippen molar-refractivity contribution in [3.63, 3.8) is 0 Å². The first-order valence-corrected chi connectivity index (χ1v) is 10.4. The number of amides is 2. The van der Waals surface area contributed by atoms with Gasteiger partial charge in [0.1, 0.15) is 6.54 Å². The molecule has 1 aromatic heterocycles. The molecule has 0 bridgehead atoms. The molecular weight excluding hydrogens is 440 g/mol. The van der Waals surface area contributed by atoms with Gasteiger partial charge in [0.2, 0.25) is 11.8 Å². The minimum absolute atomic E-state index is 0.0407. The van der Waals surface area contributed by atoms with E-state index in [0.717, 1.165) is 14.9 Å². The number of hydrogen-bond donors (Lipinski definition) is 2. The molecule has 0 saturated carbocycles. The summed E-state index contributed by atoms with van der Waals surface area (Å²) >= 11 is 4.88. The zero-order valence-corrected chi connectivity index (χ0v) is 17.4. The molecule has 0 atom stereocenters. The molecule has 6 nitrogen and oxygen atoms in total. The summed E-state index contributed by atoms with van der Waals surface area (Å²) in [7, 11) is 0. The molecule has 2 aromatic carbocycles. The van der Waals surface area contributed by atoms with Crippen molar-refractivity contribution >= 4 is 45.2 Å². The normalized spacial score (nSPS) is 10.5. The Morgan fingerprint density at radius 2 is 1.89 bits per heavy atom. The van der Waals surface area contributed by atoms with E-state index in [2.05, 4.69) is 31.7 Å². The number of anilines is 1. The molecule has 0 spiro atoms. The van der Waals surface area contributed by atoms with Crippen LogP contribution in [-0.2, 0) is 22.7 Å². The maximum atomic E-state index is 12.1. The van der Waals surface area contributed by atoms with Crippen molar-refractivity contribution < 1.29 is 9.59 Å². The lowest BCUT2D eigenvalue weighted by Gasteiger charge is -2.09. The lowest BCUT2D eigenvalue weighted by molar-refractivity contribution is -0.119. The van der Waals surface area contributed by atoms with Gasteiger partial charge in [0, 0.05) is 34.0 Å². The Balaban J connectivity index is 1.45. The zero-order chi connectivity index (χ0) is 19.8. The lowest BCUT2D eigenvalue weighted by atomic mass is 10.2. The highest BCUT2D eigenvalue weighted by Crippen LogP contribution is 2.20. The molecule has 1 heterocycles. The number of nitrogens with zero attached hydrogens (tertiary/aromatic N) is 2. The van der Waals surface area contributed by atoms with E-state index in [1.54, 1.807) is 23.1 Å². The third-order valence-electron chi connectivity index (χ3n) is 3.75. The van der Waals surface area contributed by atoms with E-state index in [4.69, 9.17) is 0 Å². The second kappa shape index (κ2) is 10.1. The second-order valence-corrected chi connectivity index (χ2v) is 7.94. The molecule has 0 radical (unpaired) electrons. The fourth-order valence-electron chi connectivity index (χ4n) is 2.43. The number of nitrogens with one attached hydrogen (secondary N) is 2. The summed E-state index contributed by atoms with van der Waals surface area (Å²) < 4.78 is 2.57. The molecule has 0 aliphatic carbocycles. The maximum Gasteiger partial charge on any atom is 0.246 e. The first-order valence-electron chi connectivity index (χ1n) is 8.60. The molecule has 0 aliphatic rings. The molecule has 2 N–H and O–H groups in total. The molecule has 3 rings (SSSR count). The van der Waals surface area contributed by atoms with Gasteiger partial charge < -0.3 is 10.6 Å². The summed E-state index contributed by atoms with van der Waals surface area (Å²) in [6.45, 7) is 0.559. The third-order valence-corrected chi connectivity index (χ3v) is 5.29. The molecule has 0 saturated heterocycles. The van der Waals surface area contributed by atoms with Gasteiger partial charge in [-0.05, 0) is 48.0 Å².